The van der Waals surface area contributed by atoms with Gasteiger partial charge in [-0.1, -0.05) is 0 Å². The van der Waals surface area contributed by atoms with E-state index in [1.165, 1.54) is 5.06 Å². The first-order chi connectivity index (χ1) is 6.63. The third-order valence-electron chi connectivity index (χ3n) is 3.06. The van der Waals surface area contributed by atoms with Crippen LogP contribution in [0.5, 0.6) is 0 Å². The summed E-state index contributed by atoms with van der Waals surface area (Å²) in [5.41, 5.74) is 5.24. The summed E-state index contributed by atoms with van der Waals surface area (Å²) in [4.78, 5) is 4.04. The molecule has 1 saturated heterocycles. The standard InChI is InChI=1S/C11H23N3O/c1-9(2)6-11(12,8-13-5)7-10(3,4)14(9)15/h8,15H,6-7,12H2,1-5H3. The van der Waals surface area contributed by atoms with E-state index in [0.29, 0.717) is 12.8 Å². The number of nitrogens with zero attached hydrogens (tertiary/aromatic N) is 2. The Kier molecular flexibility index (Phi) is 2.98. The van der Waals surface area contributed by atoms with Crippen LogP contribution in [-0.2, 0) is 0 Å². The second kappa shape index (κ2) is 3.54. The Morgan fingerprint density at radius 1 is 1.20 bits per heavy atom. The van der Waals surface area contributed by atoms with Crippen molar-refractivity contribution in [2.75, 3.05) is 7.05 Å². The van der Waals surface area contributed by atoms with Gasteiger partial charge in [0.15, 0.2) is 0 Å². The second-order valence-electron chi connectivity index (χ2n) is 5.91. The van der Waals surface area contributed by atoms with Crippen LogP contribution in [0.15, 0.2) is 4.99 Å². The lowest BCUT2D eigenvalue weighted by molar-refractivity contribution is -0.248. The van der Waals surface area contributed by atoms with Gasteiger partial charge >= 0.3 is 0 Å². The van der Waals surface area contributed by atoms with Gasteiger partial charge in [0.25, 0.3) is 0 Å². The number of hydroxylamine groups is 2. The largest absolute Gasteiger partial charge is 0.321 e. The molecule has 0 radical (unpaired) electrons. The van der Waals surface area contributed by atoms with Crippen LogP contribution < -0.4 is 5.73 Å². The minimum absolute atomic E-state index is 0.322. The van der Waals surface area contributed by atoms with Crippen LogP contribution >= 0.6 is 0 Å². The Morgan fingerprint density at radius 2 is 1.60 bits per heavy atom. The summed E-state index contributed by atoms with van der Waals surface area (Å²) in [5, 5.41) is 11.5. The molecule has 4 heteroatoms. The first kappa shape index (κ1) is 12.6. The number of piperidine rings is 1. The van der Waals surface area contributed by atoms with E-state index < -0.39 is 5.54 Å². The van der Waals surface area contributed by atoms with Gasteiger partial charge in [0.05, 0.1) is 5.54 Å². The van der Waals surface area contributed by atoms with Gasteiger partial charge in [0.1, 0.15) is 0 Å². The Hall–Kier alpha value is -0.450. The third-order valence-corrected chi connectivity index (χ3v) is 3.06. The molecule has 0 unspecified atom stereocenters. The van der Waals surface area contributed by atoms with Crippen LogP contribution in [-0.4, -0.2) is 40.1 Å². The normalized spacial score (nSPS) is 29.5. The van der Waals surface area contributed by atoms with Crippen molar-refractivity contribution in [3.8, 4) is 0 Å². The van der Waals surface area contributed by atoms with Crippen molar-refractivity contribution in [1.82, 2.24) is 5.06 Å². The van der Waals surface area contributed by atoms with Gasteiger partial charge in [0.2, 0.25) is 0 Å². The first-order valence-corrected chi connectivity index (χ1v) is 5.34. The molecule has 0 spiro atoms. The summed E-state index contributed by atoms with van der Waals surface area (Å²) in [5.74, 6) is 0. The molecule has 0 bridgehead atoms. The Labute approximate surface area is 92.1 Å². The highest BCUT2D eigenvalue weighted by molar-refractivity contribution is 5.70. The van der Waals surface area contributed by atoms with Crippen LogP contribution in [0.1, 0.15) is 40.5 Å². The number of rotatable bonds is 1. The van der Waals surface area contributed by atoms with Gasteiger partial charge in [-0.25, -0.2) is 0 Å². The molecule has 15 heavy (non-hydrogen) atoms. The quantitative estimate of drug-likeness (QED) is 0.648. The highest BCUT2D eigenvalue weighted by Gasteiger charge is 2.49. The zero-order valence-electron chi connectivity index (χ0n) is 10.4. The van der Waals surface area contributed by atoms with Crippen LogP contribution in [0.4, 0.5) is 0 Å². The molecule has 0 aliphatic carbocycles. The molecule has 0 aromatic rings. The average molecular weight is 213 g/mol. The first-order valence-electron chi connectivity index (χ1n) is 5.34. The lowest BCUT2D eigenvalue weighted by atomic mass is 9.71. The van der Waals surface area contributed by atoms with E-state index in [1.807, 2.05) is 33.9 Å². The molecule has 0 aromatic carbocycles. The maximum atomic E-state index is 10.1. The van der Waals surface area contributed by atoms with Crippen molar-refractivity contribution in [3.63, 3.8) is 0 Å². The summed E-state index contributed by atoms with van der Waals surface area (Å²) in [7, 11) is 1.74. The van der Waals surface area contributed by atoms with E-state index in [2.05, 4.69) is 4.99 Å². The Balaban J connectivity index is 3.03. The highest BCUT2D eigenvalue weighted by Crippen LogP contribution is 2.40. The molecule has 0 aromatic heterocycles. The zero-order chi connectivity index (χ0) is 11.9. The molecular weight excluding hydrogens is 190 g/mol. The summed E-state index contributed by atoms with van der Waals surface area (Å²) < 4.78 is 0. The van der Waals surface area contributed by atoms with Crippen LogP contribution in [0.3, 0.4) is 0 Å². The van der Waals surface area contributed by atoms with E-state index in [4.69, 9.17) is 5.73 Å². The molecule has 0 atom stereocenters. The fourth-order valence-corrected chi connectivity index (χ4v) is 2.99. The molecular formula is C11H23N3O. The summed E-state index contributed by atoms with van der Waals surface area (Å²) in [6.45, 7) is 8.00. The van der Waals surface area contributed by atoms with Crippen LogP contribution in [0, 0.1) is 0 Å². The molecule has 88 valence electrons. The lowest BCUT2D eigenvalue weighted by Gasteiger charge is -2.54. The topological polar surface area (TPSA) is 61.8 Å². The molecule has 1 aliphatic rings. The molecule has 1 rings (SSSR count). The van der Waals surface area contributed by atoms with Crippen molar-refractivity contribution in [3.05, 3.63) is 0 Å². The van der Waals surface area contributed by atoms with Crippen molar-refractivity contribution in [1.29, 1.82) is 0 Å². The number of hydrogen-bond donors (Lipinski definition) is 2. The molecule has 1 heterocycles. The van der Waals surface area contributed by atoms with E-state index in [-0.39, 0.29) is 11.1 Å². The molecule has 1 aliphatic heterocycles. The summed E-state index contributed by atoms with van der Waals surface area (Å²) in [6.07, 6.45) is 3.22. The predicted molar refractivity (Wildman–Crippen MR) is 62.4 cm³/mol. The van der Waals surface area contributed by atoms with Crippen molar-refractivity contribution in [2.24, 2.45) is 10.7 Å². The average Bonchev–Trinajstić information content (AvgIpc) is 1.98. The van der Waals surface area contributed by atoms with Crippen molar-refractivity contribution < 1.29 is 5.21 Å². The van der Waals surface area contributed by atoms with Gasteiger partial charge in [-0.15, -0.1) is 0 Å². The fraction of sp³-hybridized carbons (Fsp3) is 0.909. The van der Waals surface area contributed by atoms with Gasteiger partial charge in [0, 0.05) is 24.3 Å². The number of hydrogen-bond acceptors (Lipinski definition) is 4. The van der Waals surface area contributed by atoms with E-state index >= 15 is 0 Å². The monoisotopic (exact) mass is 213 g/mol. The number of nitrogens with two attached hydrogens (primary N) is 1. The number of aliphatic imine (C=N–C) groups is 1. The lowest BCUT2D eigenvalue weighted by Crippen LogP contribution is -2.67. The fourth-order valence-electron chi connectivity index (χ4n) is 2.99. The summed E-state index contributed by atoms with van der Waals surface area (Å²) >= 11 is 0. The van der Waals surface area contributed by atoms with Gasteiger partial charge in [-0.2, -0.15) is 5.06 Å². The zero-order valence-corrected chi connectivity index (χ0v) is 10.4. The Bertz CT molecular complexity index is 253. The molecule has 3 N–H and O–H groups in total. The highest BCUT2D eigenvalue weighted by atomic mass is 16.5. The SMILES string of the molecule is CN=CC1(N)CC(C)(C)N(O)C(C)(C)C1. The van der Waals surface area contributed by atoms with Crippen LogP contribution in [0.25, 0.3) is 0 Å². The third kappa shape index (κ3) is 2.38. The van der Waals surface area contributed by atoms with E-state index in [9.17, 15) is 5.21 Å². The smallest absolute Gasteiger partial charge is 0.0545 e. The van der Waals surface area contributed by atoms with E-state index in [0.717, 1.165) is 0 Å². The second-order valence-corrected chi connectivity index (χ2v) is 5.91. The molecule has 0 amide bonds. The van der Waals surface area contributed by atoms with Crippen molar-refractivity contribution in [2.45, 2.75) is 57.2 Å². The van der Waals surface area contributed by atoms with E-state index in [1.54, 1.807) is 7.05 Å². The molecule has 0 saturated carbocycles. The molecule has 1 fully saturated rings. The maximum absolute atomic E-state index is 10.1. The van der Waals surface area contributed by atoms with Gasteiger partial charge < -0.3 is 10.9 Å². The van der Waals surface area contributed by atoms with Crippen molar-refractivity contribution >= 4 is 6.21 Å². The van der Waals surface area contributed by atoms with Gasteiger partial charge in [-0.05, 0) is 40.5 Å². The minimum Gasteiger partial charge on any atom is -0.321 e. The van der Waals surface area contributed by atoms with Crippen LogP contribution in [0.2, 0.25) is 0 Å². The molecule has 4 nitrogen and oxygen atoms in total. The minimum atomic E-state index is -0.416. The predicted octanol–water partition coefficient (Wildman–Crippen LogP) is 1.43. The maximum Gasteiger partial charge on any atom is 0.0545 e. The van der Waals surface area contributed by atoms with Gasteiger partial charge in [-0.3, -0.25) is 4.99 Å². The summed E-state index contributed by atoms with van der Waals surface area (Å²) in [6, 6.07) is 0. The Morgan fingerprint density at radius 3 is 1.93 bits per heavy atom.